The SMILES string of the molecule is CC1C2C[I-]C[C@H]2C(C)C(C)[N+](C)(C)C1C. The average molecular weight is 337 g/mol. The molecular weight excluding hydrogens is 309 g/mol. The molecule has 0 aromatic carbocycles. The summed E-state index contributed by atoms with van der Waals surface area (Å²) in [4.78, 5) is 0. The minimum absolute atomic E-state index is 0.545. The molecule has 0 N–H and O–H groups in total. The molecule has 2 heterocycles. The van der Waals surface area contributed by atoms with Crippen LogP contribution in [0.1, 0.15) is 27.7 Å². The third kappa shape index (κ3) is 1.84. The van der Waals surface area contributed by atoms with Crippen LogP contribution >= 0.6 is 0 Å². The number of alkyl halides is 2. The Labute approximate surface area is 112 Å². The Morgan fingerprint density at radius 3 is 1.56 bits per heavy atom. The Morgan fingerprint density at radius 1 is 0.812 bits per heavy atom. The van der Waals surface area contributed by atoms with Crippen LogP contribution in [0.2, 0.25) is 0 Å². The van der Waals surface area contributed by atoms with Gasteiger partial charge in [0.05, 0.1) is 0 Å². The normalized spacial score (nSPS) is 52.6. The molecule has 0 spiro atoms. The number of quaternary nitrogens is 1. The van der Waals surface area contributed by atoms with Gasteiger partial charge in [-0.1, -0.05) is 0 Å². The molecule has 0 radical (unpaired) electrons. The zero-order chi connectivity index (χ0) is 12.1. The molecular formula is C14H28IN. The van der Waals surface area contributed by atoms with Crippen molar-refractivity contribution in [1.29, 1.82) is 0 Å². The maximum atomic E-state index is 2.53. The Hall–Kier alpha value is 0.690. The van der Waals surface area contributed by atoms with E-state index in [9.17, 15) is 0 Å². The molecule has 6 atom stereocenters. The molecule has 0 aromatic heterocycles. The molecule has 2 aliphatic rings. The molecule has 16 heavy (non-hydrogen) atoms. The number of nitrogens with zero attached hydrogens (tertiary/aromatic N) is 1. The van der Waals surface area contributed by atoms with Crippen LogP contribution in [0.5, 0.6) is 0 Å². The van der Waals surface area contributed by atoms with E-state index in [1.54, 1.807) is 8.86 Å². The molecule has 2 fully saturated rings. The number of rotatable bonds is 0. The van der Waals surface area contributed by atoms with Crippen molar-refractivity contribution in [3.8, 4) is 0 Å². The maximum absolute atomic E-state index is 2.53. The van der Waals surface area contributed by atoms with Crippen LogP contribution in [0.4, 0.5) is 0 Å². The van der Waals surface area contributed by atoms with Crippen LogP contribution < -0.4 is 21.2 Å². The summed E-state index contributed by atoms with van der Waals surface area (Å²) in [6.45, 7) is 10.0. The van der Waals surface area contributed by atoms with Crippen molar-refractivity contribution in [2.75, 3.05) is 23.0 Å². The molecule has 5 unspecified atom stereocenters. The van der Waals surface area contributed by atoms with Crippen molar-refractivity contribution in [3.63, 3.8) is 0 Å². The Balaban J connectivity index is 2.34. The third-order valence-corrected chi connectivity index (χ3v) is 9.38. The predicted molar refractivity (Wildman–Crippen MR) is 66.1 cm³/mol. The molecule has 0 aromatic rings. The van der Waals surface area contributed by atoms with E-state index in [0.29, 0.717) is 21.2 Å². The van der Waals surface area contributed by atoms with E-state index in [2.05, 4.69) is 41.8 Å². The van der Waals surface area contributed by atoms with Gasteiger partial charge < -0.3 is 0 Å². The van der Waals surface area contributed by atoms with Gasteiger partial charge in [0, 0.05) is 0 Å². The van der Waals surface area contributed by atoms with E-state index in [1.807, 2.05) is 0 Å². The van der Waals surface area contributed by atoms with Gasteiger partial charge >= 0.3 is 112 Å². The van der Waals surface area contributed by atoms with E-state index >= 15 is 0 Å². The quantitative estimate of drug-likeness (QED) is 0.317. The monoisotopic (exact) mass is 337 g/mol. The van der Waals surface area contributed by atoms with Gasteiger partial charge in [0.15, 0.2) is 0 Å². The van der Waals surface area contributed by atoms with Gasteiger partial charge in [-0.25, -0.2) is 0 Å². The summed E-state index contributed by atoms with van der Waals surface area (Å²) in [5.41, 5.74) is 0. The first-order valence-corrected chi connectivity index (χ1v) is 9.79. The van der Waals surface area contributed by atoms with E-state index in [-0.39, 0.29) is 0 Å². The van der Waals surface area contributed by atoms with Gasteiger partial charge in [-0.15, -0.1) is 0 Å². The minimum atomic E-state index is 0.545. The number of halogens is 1. The van der Waals surface area contributed by atoms with Crippen LogP contribution in [0.25, 0.3) is 0 Å². The summed E-state index contributed by atoms with van der Waals surface area (Å²) >= 11 is 0.545. The summed E-state index contributed by atoms with van der Waals surface area (Å²) < 4.78 is 4.44. The molecule has 2 saturated heterocycles. The van der Waals surface area contributed by atoms with Gasteiger partial charge in [-0.2, -0.15) is 0 Å². The second kappa shape index (κ2) is 4.42. The molecule has 96 valence electrons. The van der Waals surface area contributed by atoms with Crippen LogP contribution in [-0.2, 0) is 0 Å². The van der Waals surface area contributed by atoms with Crippen molar-refractivity contribution in [2.45, 2.75) is 39.8 Å². The molecule has 2 aliphatic heterocycles. The predicted octanol–water partition coefficient (Wildman–Crippen LogP) is -0.539. The number of hydrogen-bond donors (Lipinski definition) is 0. The Bertz CT molecular complexity index is 235. The van der Waals surface area contributed by atoms with E-state index in [4.69, 9.17) is 0 Å². The zero-order valence-corrected chi connectivity index (χ0v) is 13.9. The second-order valence-electron chi connectivity index (χ2n) is 6.65. The summed E-state index contributed by atoms with van der Waals surface area (Å²) in [5, 5.41) is 0. The molecule has 2 heteroatoms. The topological polar surface area (TPSA) is 0 Å². The van der Waals surface area contributed by atoms with Gasteiger partial charge in [-0.05, 0) is 0 Å². The summed E-state index contributed by atoms with van der Waals surface area (Å²) in [6.07, 6.45) is 0. The first kappa shape index (κ1) is 13.1. The van der Waals surface area contributed by atoms with Crippen LogP contribution in [-0.4, -0.2) is 39.5 Å². The fourth-order valence-corrected chi connectivity index (χ4v) is 8.61. The summed E-state index contributed by atoms with van der Waals surface area (Å²) in [5.74, 6) is 3.96. The molecule has 0 saturated carbocycles. The molecule has 0 amide bonds. The van der Waals surface area contributed by atoms with Gasteiger partial charge in [0.2, 0.25) is 0 Å². The van der Waals surface area contributed by atoms with Crippen molar-refractivity contribution in [3.05, 3.63) is 0 Å². The number of likely N-dealkylation sites (tertiary alicyclic amines) is 1. The van der Waals surface area contributed by atoms with E-state index < -0.39 is 0 Å². The van der Waals surface area contributed by atoms with Crippen molar-refractivity contribution < 1.29 is 25.7 Å². The zero-order valence-electron chi connectivity index (χ0n) is 11.7. The number of hydrogen-bond acceptors (Lipinski definition) is 0. The second-order valence-corrected chi connectivity index (χ2v) is 9.49. The van der Waals surface area contributed by atoms with E-state index in [1.165, 1.54) is 4.48 Å². The number of fused-ring (bicyclic) bond motifs is 1. The molecule has 0 bridgehead atoms. The summed E-state index contributed by atoms with van der Waals surface area (Å²) in [6, 6.07) is 1.66. The van der Waals surface area contributed by atoms with Crippen LogP contribution in [0.15, 0.2) is 0 Å². The third-order valence-electron chi connectivity index (χ3n) is 6.10. The summed E-state index contributed by atoms with van der Waals surface area (Å²) in [7, 11) is 4.91. The van der Waals surface area contributed by atoms with Crippen LogP contribution in [0.3, 0.4) is 0 Å². The first-order chi connectivity index (χ1) is 7.37. The molecule has 0 aliphatic carbocycles. The Morgan fingerprint density at radius 2 is 1.19 bits per heavy atom. The van der Waals surface area contributed by atoms with Gasteiger partial charge in [-0.3, -0.25) is 0 Å². The van der Waals surface area contributed by atoms with Crippen molar-refractivity contribution >= 4 is 0 Å². The fraction of sp³-hybridized carbons (Fsp3) is 1.00. The fourth-order valence-electron chi connectivity index (χ4n) is 3.90. The molecule has 2 rings (SSSR count). The Kier molecular flexibility index (Phi) is 3.62. The van der Waals surface area contributed by atoms with E-state index in [0.717, 1.165) is 35.8 Å². The molecule has 1 nitrogen and oxygen atoms in total. The average Bonchev–Trinajstić information content (AvgIpc) is 2.71. The van der Waals surface area contributed by atoms with Crippen LogP contribution in [0, 0.1) is 23.7 Å². The van der Waals surface area contributed by atoms with Crippen molar-refractivity contribution in [1.82, 2.24) is 0 Å². The first-order valence-electron chi connectivity index (χ1n) is 6.74. The van der Waals surface area contributed by atoms with Gasteiger partial charge in [0.25, 0.3) is 0 Å². The standard InChI is InChI=1S/C14H28IN/c1-9-11(3)16(5,6)12(4)10(2)14-8-15-7-13(9)14/h9-14H,7-8H2,1-6H3/t9?,10?,11?,12?,13-,14?/m0/s1. The van der Waals surface area contributed by atoms with Gasteiger partial charge in [0.1, 0.15) is 0 Å². The van der Waals surface area contributed by atoms with Crippen molar-refractivity contribution in [2.24, 2.45) is 23.7 Å².